The number of nitrogens with one attached hydrogen (secondary N) is 1. The van der Waals surface area contributed by atoms with Crippen molar-refractivity contribution in [2.75, 3.05) is 25.7 Å². The normalized spacial score (nSPS) is 12.0. The highest BCUT2D eigenvalue weighted by Gasteiger charge is 2.13. The van der Waals surface area contributed by atoms with E-state index in [0.717, 1.165) is 34.2 Å². The van der Waals surface area contributed by atoms with Crippen LogP contribution in [0.5, 0.6) is 5.75 Å². The number of aliphatic hydroxyl groups is 1. The van der Waals surface area contributed by atoms with Gasteiger partial charge in [-0.1, -0.05) is 12.1 Å². The Kier molecular flexibility index (Phi) is 7.55. The zero-order chi connectivity index (χ0) is 17.4. The van der Waals surface area contributed by atoms with Crippen molar-refractivity contribution < 1.29 is 14.6 Å². The topological polar surface area (TPSA) is 71.5 Å². The summed E-state index contributed by atoms with van der Waals surface area (Å²) in [5, 5.41) is 14.9. The molecule has 7 heteroatoms. The standard InChI is InChI=1S/C17H22N2O3S2/c1-22-15-5-3-4-12(8-15)17-19-14(11-24-17)9-16(21)18-13(10-20)6-7-23-2/h3-5,8,11,13,20H,6-7,9-10H2,1-2H3,(H,18,21)/t13-/m1/s1. The van der Waals surface area contributed by atoms with Gasteiger partial charge < -0.3 is 15.2 Å². The van der Waals surface area contributed by atoms with Gasteiger partial charge in [0.05, 0.1) is 31.9 Å². The molecule has 0 unspecified atom stereocenters. The quantitative estimate of drug-likeness (QED) is 0.714. The molecule has 24 heavy (non-hydrogen) atoms. The third-order valence-electron chi connectivity index (χ3n) is 3.47. The number of aromatic nitrogens is 1. The average Bonchev–Trinajstić information content (AvgIpc) is 3.07. The molecule has 2 N–H and O–H groups in total. The van der Waals surface area contributed by atoms with Gasteiger partial charge in [0.15, 0.2) is 0 Å². The third kappa shape index (κ3) is 5.51. The van der Waals surface area contributed by atoms with Crippen molar-refractivity contribution in [2.45, 2.75) is 18.9 Å². The van der Waals surface area contributed by atoms with Gasteiger partial charge in [0, 0.05) is 10.9 Å². The number of aliphatic hydroxyl groups excluding tert-OH is 1. The Morgan fingerprint density at radius 1 is 1.50 bits per heavy atom. The van der Waals surface area contributed by atoms with Crippen LogP contribution in [-0.4, -0.2) is 47.8 Å². The Hall–Kier alpha value is -1.57. The van der Waals surface area contributed by atoms with E-state index in [1.165, 1.54) is 11.3 Å². The molecule has 0 spiro atoms. The minimum absolute atomic E-state index is 0.0432. The van der Waals surface area contributed by atoms with Crippen molar-refractivity contribution in [3.63, 3.8) is 0 Å². The summed E-state index contributed by atoms with van der Waals surface area (Å²) in [7, 11) is 1.63. The smallest absolute Gasteiger partial charge is 0.226 e. The lowest BCUT2D eigenvalue weighted by atomic mass is 10.2. The molecule has 0 fully saturated rings. The van der Waals surface area contributed by atoms with Crippen molar-refractivity contribution in [2.24, 2.45) is 0 Å². The molecule has 0 radical (unpaired) electrons. The third-order valence-corrected chi connectivity index (χ3v) is 5.05. The zero-order valence-electron chi connectivity index (χ0n) is 13.8. The molecule has 2 aromatic rings. The molecule has 1 aromatic heterocycles. The number of hydrogen-bond donors (Lipinski definition) is 2. The van der Waals surface area contributed by atoms with Crippen molar-refractivity contribution in [3.8, 4) is 16.3 Å². The minimum atomic E-state index is -0.193. The fourth-order valence-electron chi connectivity index (χ4n) is 2.19. The van der Waals surface area contributed by atoms with E-state index in [9.17, 15) is 9.90 Å². The second kappa shape index (κ2) is 9.66. The molecule has 1 atom stereocenters. The molecular formula is C17H22N2O3S2. The lowest BCUT2D eigenvalue weighted by Crippen LogP contribution is -2.38. The second-order valence-corrected chi connectivity index (χ2v) is 7.12. The average molecular weight is 367 g/mol. The van der Waals surface area contributed by atoms with Crippen LogP contribution in [0.15, 0.2) is 29.6 Å². The maximum Gasteiger partial charge on any atom is 0.226 e. The van der Waals surface area contributed by atoms with Crippen LogP contribution in [0.1, 0.15) is 12.1 Å². The van der Waals surface area contributed by atoms with E-state index >= 15 is 0 Å². The lowest BCUT2D eigenvalue weighted by molar-refractivity contribution is -0.121. The highest BCUT2D eigenvalue weighted by atomic mass is 32.2. The second-order valence-electron chi connectivity index (χ2n) is 5.28. The van der Waals surface area contributed by atoms with Gasteiger partial charge in [-0.25, -0.2) is 4.98 Å². The number of amides is 1. The van der Waals surface area contributed by atoms with E-state index < -0.39 is 0 Å². The van der Waals surface area contributed by atoms with E-state index in [-0.39, 0.29) is 25.0 Å². The maximum absolute atomic E-state index is 12.1. The summed E-state index contributed by atoms with van der Waals surface area (Å²) in [4.78, 5) is 16.6. The summed E-state index contributed by atoms with van der Waals surface area (Å²) >= 11 is 3.20. The van der Waals surface area contributed by atoms with Crippen molar-refractivity contribution in [1.29, 1.82) is 0 Å². The Bertz CT molecular complexity index is 661. The number of benzene rings is 1. The number of methoxy groups -OCH3 is 1. The molecule has 0 saturated carbocycles. The molecule has 1 aromatic carbocycles. The first-order chi connectivity index (χ1) is 11.7. The van der Waals surface area contributed by atoms with E-state index in [0.29, 0.717) is 0 Å². The van der Waals surface area contributed by atoms with E-state index in [1.54, 1.807) is 18.9 Å². The number of thioether (sulfide) groups is 1. The number of carbonyl (C=O) groups excluding carboxylic acids is 1. The Labute approximate surface area is 150 Å². The maximum atomic E-state index is 12.1. The highest BCUT2D eigenvalue weighted by molar-refractivity contribution is 7.98. The van der Waals surface area contributed by atoms with Crippen LogP contribution in [-0.2, 0) is 11.2 Å². The van der Waals surface area contributed by atoms with Crippen molar-refractivity contribution in [3.05, 3.63) is 35.3 Å². The van der Waals surface area contributed by atoms with E-state index in [1.807, 2.05) is 35.9 Å². The number of hydrogen-bond acceptors (Lipinski definition) is 6. The molecule has 0 bridgehead atoms. The monoisotopic (exact) mass is 366 g/mol. The van der Waals surface area contributed by atoms with Gasteiger partial charge in [-0.05, 0) is 30.6 Å². The molecule has 2 rings (SSSR count). The number of nitrogens with zero attached hydrogens (tertiary/aromatic N) is 1. The van der Waals surface area contributed by atoms with Gasteiger partial charge in [0.2, 0.25) is 5.91 Å². The van der Waals surface area contributed by atoms with Crippen LogP contribution in [0.4, 0.5) is 0 Å². The van der Waals surface area contributed by atoms with Crippen molar-refractivity contribution >= 4 is 29.0 Å². The number of rotatable bonds is 9. The van der Waals surface area contributed by atoms with Crippen LogP contribution in [0, 0.1) is 0 Å². The molecular weight excluding hydrogens is 344 g/mol. The van der Waals surface area contributed by atoms with E-state index in [2.05, 4.69) is 10.3 Å². The van der Waals surface area contributed by atoms with Crippen LogP contribution >= 0.6 is 23.1 Å². The van der Waals surface area contributed by atoms with Gasteiger partial charge in [0.25, 0.3) is 0 Å². The fourth-order valence-corrected chi connectivity index (χ4v) is 3.53. The SMILES string of the molecule is COc1cccc(-c2nc(CC(=O)N[C@@H](CO)CCSC)cs2)c1. The molecule has 5 nitrogen and oxygen atoms in total. The van der Waals surface area contributed by atoms with Gasteiger partial charge in [-0.3, -0.25) is 4.79 Å². The number of carbonyl (C=O) groups is 1. The number of thiazole rings is 1. The van der Waals surface area contributed by atoms with Gasteiger partial charge >= 0.3 is 0 Å². The lowest BCUT2D eigenvalue weighted by Gasteiger charge is -2.15. The van der Waals surface area contributed by atoms with Crippen LogP contribution in [0.25, 0.3) is 10.6 Å². The van der Waals surface area contributed by atoms with E-state index in [4.69, 9.17) is 4.74 Å². The Balaban J connectivity index is 1.96. The molecule has 0 saturated heterocycles. The fraction of sp³-hybridized carbons (Fsp3) is 0.412. The molecule has 1 amide bonds. The zero-order valence-corrected chi connectivity index (χ0v) is 15.5. The van der Waals surface area contributed by atoms with Gasteiger partial charge in [-0.2, -0.15) is 11.8 Å². The highest BCUT2D eigenvalue weighted by Crippen LogP contribution is 2.26. The van der Waals surface area contributed by atoms with Crippen LogP contribution in [0.2, 0.25) is 0 Å². The first-order valence-electron chi connectivity index (χ1n) is 7.64. The van der Waals surface area contributed by atoms with Crippen LogP contribution in [0.3, 0.4) is 0 Å². The molecule has 130 valence electrons. The molecule has 0 aliphatic heterocycles. The predicted octanol–water partition coefficient (Wildman–Crippen LogP) is 2.59. The summed E-state index contributed by atoms with van der Waals surface area (Å²) in [5.74, 6) is 1.57. The van der Waals surface area contributed by atoms with Crippen molar-refractivity contribution in [1.82, 2.24) is 10.3 Å². The minimum Gasteiger partial charge on any atom is -0.497 e. The molecule has 1 heterocycles. The first-order valence-corrected chi connectivity index (χ1v) is 9.91. The van der Waals surface area contributed by atoms with Gasteiger partial charge in [0.1, 0.15) is 10.8 Å². The Morgan fingerprint density at radius 3 is 3.04 bits per heavy atom. The molecule has 0 aliphatic carbocycles. The Morgan fingerprint density at radius 2 is 2.33 bits per heavy atom. The van der Waals surface area contributed by atoms with Gasteiger partial charge in [-0.15, -0.1) is 11.3 Å². The largest absolute Gasteiger partial charge is 0.497 e. The first kappa shape index (κ1) is 18.8. The summed E-state index contributed by atoms with van der Waals surface area (Å²) in [6.07, 6.45) is 2.98. The summed E-state index contributed by atoms with van der Waals surface area (Å²) in [6.45, 7) is -0.0432. The predicted molar refractivity (Wildman–Crippen MR) is 99.8 cm³/mol. The molecule has 0 aliphatic rings. The summed E-state index contributed by atoms with van der Waals surface area (Å²) in [6, 6.07) is 7.50. The summed E-state index contributed by atoms with van der Waals surface area (Å²) < 4.78 is 5.22. The number of ether oxygens (including phenoxy) is 1. The summed E-state index contributed by atoms with van der Waals surface area (Å²) in [5.41, 5.74) is 1.70. The van der Waals surface area contributed by atoms with Crippen LogP contribution < -0.4 is 10.1 Å².